The predicted octanol–water partition coefficient (Wildman–Crippen LogP) is 4.32. The van der Waals surface area contributed by atoms with Crippen molar-refractivity contribution in [2.75, 3.05) is 0 Å². The fourth-order valence-electron chi connectivity index (χ4n) is 4.82. The molecule has 5 rings (SSSR count). The summed E-state index contributed by atoms with van der Waals surface area (Å²) in [5.41, 5.74) is 0.0856. The van der Waals surface area contributed by atoms with Crippen LogP contribution in [0.3, 0.4) is 0 Å². The zero-order valence-corrected chi connectivity index (χ0v) is 13.1. The van der Waals surface area contributed by atoms with Crippen molar-refractivity contribution in [3.05, 3.63) is 19.2 Å². The van der Waals surface area contributed by atoms with E-state index in [1.807, 2.05) is 3.96 Å². The Kier molecular flexibility index (Phi) is 2.73. The second-order valence-electron chi connectivity index (χ2n) is 6.23. The van der Waals surface area contributed by atoms with Gasteiger partial charge in [0.1, 0.15) is 8.81 Å². The van der Waals surface area contributed by atoms with E-state index in [1.165, 1.54) is 43.6 Å². The highest BCUT2D eigenvalue weighted by molar-refractivity contribution is 9.10. The third-order valence-electron chi connectivity index (χ3n) is 5.19. The van der Waals surface area contributed by atoms with Crippen LogP contribution in [0.4, 0.5) is 0 Å². The summed E-state index contributed by atoms with van der Waals surface area (Å²) in [4.78, 5) is 12.3. The lowest BCUT2D eigenvalue weighted by molar-refractivity contribution is -0.0263. The summed E-state index contributed by atoms with van der Waals surface area (Å²) in [6.07, 6.45) is 6.77. The van der Waals surface area contributed by atoms with E-state index < -0.39 is 0 Å². The molecule has 2 nitrogen and oxygen atoms in total. The van der Waals surface area contributed by atoms with Crippen molar-refractivity contribution in [1.29, 1.82) is 0 Å². The Hall–Kier alpha value is 0.200. The van der Waals surface area contributed by atoms with Crippen LogP contribution in [0.1, 0.15) is 38.1 Å². The van der Waals surface area contributed by atoms with Crippen molar-refractivity contribution in [2.45, 2.75) is 38.1 Å². The molecule has 0 radical (unpaired) electrons. The molecule has 1 aromatic rings. The van der Waals surface area contributed by atoms with E-state index in [0.717, 1.165) is 23.7 Å². The van der Waals surface area contributed by atoms with E-state index >= 15 is 0 Å². The Morgan fingerprint density at radius 1 is 1.11 bits per heavy atom. The molecule has 1 heterocycles. The summed E-state index contributed by atoms with van der Waals surface area (Å²) >= 11 is 10.9. The third-order valence-corrected chi connectivity index (χ3v) is 7.78. The Bertz CT molecular complexity index is 524. The van der Waals surface area contributed by atoms with Gasteiger partial charge >= 0.3 is 0 Å². The van der Waals surface area contributed by atoms with E-state index in [4.69, 9.17) is 11.6 Å². The quantitative estimate of drug-likeness (QED) is 0.740. The second kappa shape index (κ2) is 4.10. The van der Waals surface area contributed by atoms with Gasteiger partial charge in [0.05, 0.1) is 6.04 Å². The highest BCUT2D eigenvalue weighted by atomic mass is 79.9. The number of rotatable bonds is 1. The van der Waals surface area contributed by atoms with Crippen LogP contribution >= 0.6 is 39.1 Å². The lowest BCUT2D eigenvalue weighted by Gasteiger charge is -2.54. The second-order valence-corrected chi connectivity index (χ2v) is 8.61. The van der Waals surface area contributed by atoms with Crippen LogP contribution in [0.5, 0.6) is 0 Å². The molecule has 0 amide bonds. The molecule has 0 aliphatic heterocycles. The van der Waals surface area contributed by atoms with Gasteiger partial charge in [-0.15, -0.1) is 0 Å². The van der Waals surface area contributed by atoms with Gasteiger partial charge in [-0.3, -0.25) is 8.75 Å². The molecular weight excluding hydrogens is 334 g/mol. The zero-order chi connectivity index (χ0) is 12.4. The molecule has 0 saturated heterocycles. The van der Waals surface area contributed by atoms with Crippen LogP contribution in [0.15, 0.2) is 9.27 Å². The SMILES string of the molecule is O=c1c(Br)c(Cl)sn1C1C2CC3CC(C2)CC1C3. The van der Waals surface area contributed by atoms with Gasteiger partial charge in [-0.05, 0) is 83.2 Å². The maximum absolute atomic E-state index is 12.3. The molecule has 0 atom stereocenters. The smallest absolute Gasteiger partial charge is 0.267 e. The fourth-order valence-corrected chi connectivity index (χ4v) is 6.63. The molecule has 0 N–H and O–H groups in total. The van der Waals surface area contributed by atoms with Crippen LogP contribution in [0, 0.1) is 23.7 Å². The van der Waals surface area contributed by atoms with E-state index in [1.54, 1.807) is 0 Å². The molecule has 4 saturated carbocycles. The first-order valence-electron chi connectivity index (χ1n) is 6.70. The van der Waals surface area contributed by atoms with Crippen molar-refractivity contribution in [2.24, 2.45) is 23.7 Å². The number of aromatic nitrogens is 1. The van der Waals surface area contributed by atoms with Gasteiger partial charge in [0.25, 0.3) is 5.56 Å². The van der Waals surface area contributed by atoms with Crippen LogP contribution in [0.25, 0.3) is 0 Å². The van der Waals surface area contributed by atoms with Crippen molar-refractivity contribution >= 4 is 39.1 Å². The zero-order valence-electron chi connectivity index (χ0n) is 9.94. The Balaban J connectivity index is 1.77. The lowest BCUT2D eigenvalue weighted by atomic mass is 9.54. The van der Waals surface area contributed by atoms with Gasteiger partial charge < -0.3 is 0 Å². The molecule has 4 aliphatic carbocycles. The van der Waals surface area contributed by atoms with Crippen molar-refractivity contribution < 1.29 is 0 Å². The maximum atomic E-state index is 12.3. The first-order valence-corrected chi connectivity index (χ1v) is 8.64. The average Bonchev–Trinajstić information content (AvgIpc) is 2.56. The van der Waals surface area contributed by atoms with Gasteiger partial charge in [0, 0.05) is 0 Å². The van der Waals surface area contributed by atoms with E-state index in [-0.39, 0.29) is 5.56 Å². The molecule has 98 valence electrons. The lowest BCUT2D eigenvalue weighted by Crippen LogP contribution is -2.47. The standard InChI is InChI=1S/C13H15BrClNOS/c14-10-12(15)18-16(13(10)17)11-8-2-6-1-7(4-8)5-9(11)3-6/h6-9,11H,1-5H2. The highest BCUT2D eigenvalue weighted by Crippen LogP contribution is 2.58. The Labute approximate surface area is 124 Å². The van der Waals surface area contributed by atoms with Crippen LogP contribution in [0.2, 0.25) is 4.34 Å². The van der Waals surface area contributed by atoms with Gasteiger partial charge in [-0.2, -0.15) is 0 Å². The topological polar surface area (TPSA) is 22.0 Å². The van der Waals surface area contributed by atoms with Crippen LogP contribution in [-0.4, -0.2) is 3.96 Å². The summed E-state index contributed by atoms with van der Waals surface area (Å²) < 4.78 is 3.14. The maximum Gasteiger partial charge on any atom is 0.276 e. The fraction of sp³-hybridized carbons (Fsp3) is 0.769. The molecule has 0 aromatic carbocycles. The van der Waals surface area contributed by atoms with Gasteiger partial charge in [-0.25, -0.2) is 0 Å². The largest absolute Gasteiger partial charge is 0.276 e. The number of nitrogens with zero attached hydrogens (tertiary/aromatic N) is 1. The third kappa shape index (κ3) is 1.61. The first-order chi connectivity index (χ1) is 8.63. The molecule has 4 fully saturated rings. The van der Waals surface area contributed by atoms with Crippen molar-refractivity contribution in [3.8, 4) is 0 Å². The van der Waals surface area contributed by atoms with E-state index in [0.29, 0.717) is 14.9 Å². The summed E-state index contributed by atoms with van der Waals surface area (Å²) in [5, 5.41) is 0. The van der Waals surface area contributed by atoms with Gasteiger partial charge in [0.2, 0.25) is 0 Å². The van der Waals surface area contributed by atoms with Gasteiger partial charge in [-0.1, -0.05) is 11.6 Å². The number of hydrogen-bond acceptors (Lipinski definition) is 2. The highest BCUT2D eigenvalue weighted by Gasteiger charge is 2.49. The summed E-state index contributed by atoms with van der Waals surface area (Å²) in [6.45, 7) is 0. The molecule has 18 heavy (non-hydrogen) atoms. The molecule has 0 spiro atoms. The predicted molar refractivity (Wildman–Crippen MR) is 77.4 cm³/mol. The minimum Gasteiger partial charge on any atom is -0.267 e. The summed E-state index contributed by atoms with van der Waals surface area (Å²) in [6, 6.07) is 0.430. The molecule has 4 aliphatic rings. The Morgan fingerprint density at radius 3 is 2.11 bits per heavy atom. The molecule has 0 unspecified atom stereocenters. The summed E-state index contributed by atoms with van der Waals surface area (Å²) in [7, 11) is 0. The molecule has 1 aromatic heterocycles. The van der Waals surface area contributed by atoms with Crippen molar-refractivity contribution in [1.82, 2.24) is 3.96 Å². The molecule has 5 heteroatoms. The molecule has 4 bridgehead atoms. The van der Waals surface area contributed by atoms with Crippen molar-refractivity contribution in [3.63, 3.8) is 0 Å². The number of halogens is 2. The molecular formula is C13H15BrClNOS. The monoisotopic (exact) mass is 347 g/mol. The van der Waals surface area contributed by atoms with E-state index in [2.05, 4.69) is 15.9 Å². The normalized spacial score (nSPS) is 41.6. The van der Waals surface area contributed by atoms with Crippen LogP contribution in [-0.2, 0) is 0 Å². The van der Waals surface area contributed by atoms with Crippen LogP contribution < -0.4 is 5.56 Å². The Morgan fingerprint density at radius 2 is 1.67 bits per heavy atom. The first kappa shape index (κ1) is 12.0. The summed E-state index contributed by atoms with van der Waals surface area (Å²) in [5.74, 6) is 3.33. The number of hydrogen-bond donors (Lipinski definition) is 0. The minimum atomic E-state index is 0.0856. The van der Waals surface area contributed by atoms with E-state index in [9.17, 15) is 4.79 Å². The average molecular weight is 349 g/mol. The minimum absolute atomic E-state index is 0.0856. The van der Waals surface area contributed by atoms with Gasteiger partial charge in [0.15, 0.2) is 0 Å².